The van der Waals surface area contributed by atoms with Crippen molar-refractivity contribution in [3.05, 3.63) is 65.7 Å². The second kappa shape index (κ2) is 10.5. The van der Waals surface area contributed by atoms with Gasteiger partial charge in [-0.25, -0.2) is 0 Å². The Kier molecular flexibility index (Phi) is 8.08. The minimum absolute atomic E-state index is 0.0232. The molecule has 28 heavy (non-hydrogen) atoms. The highest BCUT2D eigenvalue weighted by Crippen LogP contribution is 2.28. The number of carbonyl (C=O) groups is 1. The molecule has 0 bridgehead atoms. The van der Waals surface area contributed by atoms with Crippen LogP contribution in [0.4, 0.5) is 5.69 Å². The summed E-state index contributed by atoms with van der Waals surface area (Å²) < 4.78 is 11.1. The first-order valence-corrected chi connectivity index (χ1v) is 9.43. The van der Waals surface area contributed by atoms with Gasteiger partial charge in [-0.15, -0.1) is 0 Å². The minimum Gasteiger partial charge on any atom is -0.493 e. The molecule has 0 fully saturated rings. The zero-order chi connectivity index (χ0) is 20.5. The van der Waals surface area contributed by atoms with Crippen molar-refractivity contribution in [2.24, 2.45) is 5.92 Å². The molecule has 2 aromatic carbocycles. The second-order valence-electron chi connectivity index (χ2n) is 7.18. The van der Waals surface area contributed by atoms with Gasteiger partial charge < -0.3 is 20.1 Å². The molecular formula is C23H30N2O3. The van der Waals surface area contributed by atoms with Crippen molar-refractivity contribution in [1.82, 2.24) is 5.32 Å². The number of amides is 1. The molecule has 0 saturated heterocycles. The molecule has 0 heterocycles. The van der Waals surface area contributed by atoms with Gasteiger partial charge in [0.15, 0.2) is 11.5 Å². The molecular weight excluding hydrogens is 352 g/mol. The third-order valence-corrected chi connectivity index (χ3v) is 4.11. The summed E-state index contributed by atoms with van der Waals surface area (Å²) in [5.74, 6) is 1.42. The number of hydrogen-bond acceptors (Lipinski definition) is 4. The number of anilines is 1. The normalized spacial score (nSPS) is 10.6. The Labute approximate surface area is 167 Å². The summed E-state index contributed by atoms with van der Waals surface area (Å²) in [6, 6.07) is 13.8. The van der Waals surface area contributed by atoms with Gasteiger partial charge in [-0.05, 0) is 47.9 Å². The molecule has 0 saturated carbocycles. The van der Waals surface area contributed by atoms with E-state index in [-0.39, 0.29) is 11.8 Å². The van der Waals surface area contributed by atoms with Crippen molar-refractivity contribution in [2.45, 2.75) is 33.9 Å². The number of ether oxygens (including phenoxy) is 2. The molecule has 2 rings (SSSR count). The molecule has 5 heteroatoms. The molecule has 0 radical (unpaired) electrons. The quantitative estimate of drug-likeness (QED) is 0.593. The van der Waals surface area contributed by atoms with Crippen LogP contribution in [0.2, 0.25) is 0 Å². The van der Waals surface area contributed by atoms with Gasteiger partial charge in [0.1, 0.15) is 6.61 Å². The Morgan fingerprint density at radius 2 is 1.68 bits per heavy atom. The Bertz CT molecular complexity index is 798. The molecule has 1 amide bonds. The predicted molar refractivity (Wildman–Crippen MR) is 114 cm³/mol. The first-order chi connectivity index (χ1) is 13.4. The van der Waals surface area contributed by atoms with E-state index in [1.165, 1.54) is 0 Å². The number of rotatable bonds is 10. The third-order valence-electron chi connectivity index (χ3n) is 4.11. The van der Waals surface area contributed by atoms with Crippen LogP contribution in [-0.2, 0) is 17.9 Å². The average molecular weight is 383 g/mol. The molecule has 0 atom stereocenters. The van der Waals surface area contributed by atoms with E-state index in [2.05, 4.69) is 17.2 Å². The summed E-state index contributed by atoms with van der Waals surface area (Å²) >= 11 is 0. The molecule has 2 N–H and O–H groups in total. The lowest BCUT2D eigenvalue weighted by Crippen LogP contribution is -2.17. The number of benzene rings is 2. The van der Waals surface area contributed by atoms with E-state index in [4.69, 9.17) is 9.47 Å². The largest absolute Gasteiger partial charge is 0.493 e. The van der Waals surface area contributed by atoms with Gasteiger partial charge in [-0.2, -0.15) is 0 Å². The van der Waals surface area contributed by atoms with Crippen molar-refractivity contribution in [3.8, 4) is 11.5 Å². The maximum atomic E-state index is 11.7. The second-order valence-corrected chi connectivity index (χ2v) is 7.18. The number of methoxy groups -OCH3 is 1. The lowest BCUT2D eigenvalue weighted by molar-refractivity contribution is -0.118. The molecule has 0 unspecified atom stereocenters. The Morgan fingerprint density at radius 3 is 2.29 bits per heavy atom. The van der Waals surface area contributed by atoms with Gasteiger partial charge in [0.05, 0.1) is 7.11 Å². The summed E-state index contributed by atoms with van der Waals surface area (Å²) in [6.07, 6.45) is 0. The highest BCUT2D eigenvalue weighted by atomic mass is 16.5. The predicted octanol–water partition coefficient (Wildman–Crippen LogP) is 4.53. The van der Waals surface area contributed by atoms with Crippen molar-refractivity contribution in [2.75, 3.05) is 19.0 Å². The summed E-state index contributed by atoms with van der Waals surface area (Å²) in [5.41, 5.74) is 4.03. The van der Waals surface area contributed by atoms with Crippen LogP contribution in [0, 0.1) is 5.92 Å². The van der Waals surface area contributed by atoms with Crippen molar-refractivity contribution in [3.63, 3.8) is 0 Å². The van der Waals surface area contributed by atoms with E-state index >= 15 is 0 Å². The highest BCUT2D eigenvalue weighted by Gasteiger charge is 2.08. The molecule has 0 aliphatic rings. The molecule has 150 valence electrons. The van der Waals surface area contributed by atoms with Crippen LogP contribution >= 0.6 is 0 Å². The fourth-order valence-corrected chi connectivity index (χ4v) is 2.49. The first-order valence-electron chi connectivity index (χ1n) is 9.43. The highest BCUT2D eigenvalue weighted by molar-refractivity contribution is 5.92. The molecule has 2 aromatic rings. The zero-order valence-electron chi connectivity index (χ0n) is 17.2. The van der Waals surface area contributed by atoms with Crippen LogP contribution in [-0.4, -0.2) is 19.6 Å². The van der Waals surface area contributed by atoms with E-state index in [1.54, 1.807) is 7.11 Å². The fourth-order valence-electron chi connectivity index (χ4n) is 2.49. The standard InChI is InChI=1S/C23H30N2O3/c1-16(2)15-28-22-12-19(8-11-21(22)27-5)14-24-13-18-6-9-20(10-7-18)25-23(26)17(3)4/h6-12,17,24H,1,13-15H2,2-5H3,(H,25,26). The Morgan fingerprint density at radius 1 is 1.04 bits per heavy atom. The van der Waals surface area contributed by atoms with Crippen LogP contribution in [0.3, 0.4) is 0 Å². The van der Waals surface area contributed by atoms with E-state index in [0.29, 0.717) is 18.9 Å². The van der Waals surface area contributed by atoms with Gasteiger partial charge in [0.25, 0.3) is 0 Å². The monoisotopic (exact) mass is 382 g/mol. The molecule has 5 nitrogen and oxygen atoms in total. The fraction of sp³-hybridized carbons (Fsp3) is 0.348. The number of carbonyl (C=O) groups excluding carboxylic acids is 1. The Hall–Kier alpha value is -2.79. The SMILES string of the molecule is C=C(C)COc1cc(CNCc2ccc(NC(=O)C(C)C)cc2)ccc1OC. The average Bonchev–Trinajstić information content (AvgIpc) is 2.67. The van der Waals surface area contributed by atoms with E-state index in [9.17, 15) is 4.79 Å². The first kappa shape index (κ1) is 21.5. The molecule has 0 aliphatic heterocycles. The number of nitrogens with one attached hydrogen (secondary N) is 2. The molecule has 0 spiro atoms. The lowest BCUT2D eigenvalue weighted by atomic mass is 10.1. The van der Waals surface area contributed by atoms with Crippen molar-refractivity contribution >= 4 is 11.6 Å². The van der Waals surface area contributed by atoms with Crippen LogP contribution in [0.15, 0.2) is 54.6 Å². The van der Waals surface area contributed by atoms with Crippen LogP contribution < -0.4 is 20.1 Å². The van der Waals surface area contributed by atoms with Crippen LogP contribution in [0.5, 0.6) is 11.5 Å². The van der Waals surface area contributed by atoms with E-state index < -0.39 is 0 Å². The van der Waals surface area contributed by atoms with Gasteiger partial charge >= 0.3 is 0 Å². The summed E-state index contributed by atoms with van der Waals surface area (Å²) in [5, 5.41) is 6.32. The summed E-state index contributed by atoms with van der Waals surface area (Å²) in [6.45, 7) is 11.4. The van der Waals surface area contributed by atoms with E-state index in [1.807, 2.05) is 63.2 Å². The smallest absolute Gasteiger partial charge is 0.226 e. The Balaban J connectivity index is 1.89. The summed E-state index contributed by atoms with van der Waals surface area (Å²) in [7, 11) is 1.63. The van der Waals surface area contributed by atoms with Gasteiger partial charge in [0.2, 0.25) is 5.91 Å². The third kappa shape index (κ3) is 6.74. The molecule has 0 aliphatic carbocycles. The van der Waals surface area contributed by atoms with Crippen LogP contribution in [0.1, 0.15) is 31.9 Å². The topological polar surface area (TPSA) is 59.6 Å². The van der Waals surface area contributed by atoms with Crippen molar-refractivity contribution < 1.29 is 14.3 Å². The zero-order valence-corrected chi connectivity index (χ0v) is 17.2. The lowest BCUT2D eigenvalue weighted by Gasteiger charge is -2.13. The van der Waals surface area contributed by atoms with Gasteiger partial charge in [-0.3, -0.25) is 4.79 Å². The molecule has 0 aromatic heterocycles. The minimum atomic E-state index is -0.0323. The maximum Gasteiger partial charge on any atom is 0.226 e. The van der Waals surface area contributed by atoms with E-state index in [0.717, 1.165) is 34.7 Å². The van der Waals surface area contributed by atoms with Crippen LogP contribution in [0.25, 0.3) is 0 Å². The number of hydrogen-bond donors (Lipinski definition) is 2. The van der Waals surface area contributed by atoms with Gasteiger partial charge in [0, 0.05) is 24.7 Å². The maximum absolute atomic E-state index is 11.7. The van der Waals surface area contributed by atoms with Crippen molar-refractivity contribution in [1.29, 1.82) is 0 Å². The summed E-state index contributed by atoms with van der Waals surface area (Å²) in [4.78, 5) is 11.7. The van der Waals surface area contributed by atoms with Gasteiger partial charge in [-0.1, -0.05) is 38.6 Å².